The van der Waals surface area contributed by atoms with E-state index in [1.54, 1.807) is 30.0 Å². The molecule has 0 radical (unpaired) electrons. The van der Waals surface area contributed by atoms with Crippen LogP contribution >= 0.6 is 11.3 Å². The maximum Gasteiger partial charge on any atom is 0.328 e. The van der Waals surface area contributed by atoms with Crippen molar-refractivity contribution in [3.05, 3.63) is 83.9 Å². The molecule has 0 aliphatic rings. The molecule has 0 saturated heterocycles. The largest absolute Gasteiger partial charge is 0.467 e. The smallest absolute Gasteiger partial charge is 0.328 e. The average molecular weight is 476 g/mol. The first kappa shape index (κ1) is 22.9. The van der Waals surface area contributed by atoms with E-state index in [0.29, 0.717) is 5.01 Å². The summed E-state index contributed by atoms with van der Waals surface area (Å²) in [4.78, 5) is 49.1. The third-order valence-corrected chi connectivity index (χ3v) is 5.97. The summed E-state index contributed by atoms with van der Waals surface area (Å²) in [6.45, 7) is 3.63. The van der Waals surface area contributed by atoms with Gasteiger partial charge in [-0.3, -0.25) is 14.6 Å². The van der Waals surface area contributed by atoms with Crippen molar-refractivity contribution < 1.29 is 19.1 Å². The minimum absolute atomic E-state index is 0.140. The number of pyridine rings is 1. The molecule has 0 aliphatic heterocycles. The Kier molecular flexibility index (Phi) is 6.79. The van der Waals surface area contributed by atoms with Crippen LogP contribution in [-0.2, 0) is 20.7 Å². The summed E-state index contributed by atoms with van der Waals surface area (Å²) in [5.41, 5.74) is 2.46. The fourth-order valence-corrected chi connectivity index (χ4v) is 4.15. The van der Waals surface area contributed by atoms with E-state index < -0.39 is 23.8 Å². The summed E-state index contributed by atoms with van der Waals surface area (Å²) >= 11 is 1.28. The van der Waals surface area contributed by atoms with Crippen molar-refractivity contribution in [1.29, 1.82) is 0 Å². The van der Waals surface area contributed by atoms with E-state index in [-0.39, 0.29) is 17.8 Å². The van der Waals surface area contributed by atoms with Gasteiger partial charge < -0.3 is 20.4 Å². The molecule has 0 unspecified atom stereocenters. The van der Waals surface area contributed by atoms with Crippen LogP contribution in [0.15, 0.2) is 72.6 Å². The molecule has 0 aliphatic carbocycles. The molecule has 3 heterocycles. The zero-order valence-corrected chi connectivity index (χ0v) is 19.0. The molecule has 9 nitrogen and oxygen atoms in total. The van der Waals surface area contributed by atoms with Gasteiger partial charge in [-0.05, 0) is 23.8 Å². The average Bonchev–Trinajstić information content (AvgIpc) is 3.51. The number of amides is 2. The van der Waals surface area contributed by atoms with Gasteiger partial charge in [0.2, 0.25) is 0 Å². The van der Waals surface area contributed by atoms with Crippen LogP contribution in [0.4, 0.5) is 0 Å². The fraction of sp³-hybridized carbons (Fsp3) is 0.125. The number of aromatic nitrogens is 3. The van der Waals surface area contributed by atoms with Crippen LogP contribution in [-0.4, -0.2) is 45.9 Å². The summed E-state index contributed by atoms with van der Waals surface area (Å²) < 4.78 is 4.85. The lowest BCUT2D eigenvalue weighted by atomic mass is 10.0. The Morgan fingerprint density at radius 1 is 1.21 bits per heavy atom. The van der Waals surface area contributed by atoms with E-state index in [4.69, 9.17) is 4.74 Å². The second-order valence-electron chi connectivity index (χ2n) is 7.33. The normalized spacial score (nSPS) is 11.6. The van der Waals surface area contributed by atoms with Crippen molar-refractivity contribution in [3.8, 4) is 10.6 Å². The minimum atomic E-state index is -0.971. The van der Waals surface area contributed by atoms with Gasteiger partial charge in [0.25, 0.3) is 11.8 Å². The van der Waals surface area contributed by atoms with Gasteiger partial charge >= 0.3 is 5.97 Å². The third kappa shape index (κ3) is 5.02. The van der Waals surface area contributed by atoms with Crippen LogP contribution in [0.1, 0.15) is 16.1 Å². The molecular formula is C24H21N5O4S. The first-order valence-electron chi connectivity index (χ1n) is 10.3. The van der Waals surface area contributed by atoms with E-state index in [0.717, 1.165) is 22.0 Å². The maximum atomic E-state index is 12.7. The molecular weight excluding hydrogens is 454 g/mol. The highest BCUT2D eigenvalue weighted by Crippen LogP contribution is 2.23. The monoisotopic (exact) mass is 475 g/mol. The molecule has 2 amide bonds. The predicted octanol–water partition coefficient (Wildman–Crippen LogP) is 2.83. The number of nitrogens with one attached hydrogen (secondary N) is 3. The first-order valence-corrected chi connectivity index (χ1v) is 11.1. The van der Waals surface area contributed by atoms with Crippen molar-refractivity contribution >= 4 is 40.0 Å². The van der Waals surface area contributed by atoms with Gasteiger partial charge in [-0.15, -0.1) is 11.3 Å². The summed E-state index contributed by atoms with van der Waals surface area (Å²) in [7, 11) is 1.25. The number of carbonyl (C=O) groups is 3. The van der Waals surface area contributed by atoms with Gasteiger partial charge in [-0.1, -0.05) is 24.8 Å². The molecule has 4 aromatic rings. The number of para-hydroxylation sites is 1. The molecule has 0 saturated carbocycles. The lowest BCUT2D eigenvalue weighted by Gasteiger charge is -2.17. The summed E-state index contributed by atoms with van der Waals surface area (Å²) in [5, 5.41) is 8.17. The van der Waals surface area contributed by atoms with Gasteiger partial charge in [0, 0.05) is 46.9 Å². The fourth-order valence-electron chi connectivity index (χ4n) is 3.36. The minimum Gasteiger partial charge on any atom is -0.467 e. The van der Waals surface area contributed by atoms with Crippen LogP contribution in [0.2, 0.25) is 0 Å². The van der Waals surface area contributed by atoms with E-state index in [1.165, 1.54) is 18.4 Å². The van der Waals surface area contributed by atoms with E-state index in [1.807, 2.05) is 30.3 Å². The Labute approximate surface area is 198 Å². The number of fused-ring (bicyclic) bond motifs is 1. The third-order valence-electron chi connectivity index (χ3n) is 5.07. The highest BCUT2D eigenvalue weighted by molar-refractivity contribution is 7.13. The Hall–Kier alpha value is -4.31. The van der Waals surface area contributed by atoms with Gasteiger partial charge in [-0.2, -0.15) is 0 Å². The van der Waals surface area contributed by atoms with Gasteiger partial charge in [0.15, 0.2) is 0 Å². The van der Waals surface area contributed by atoms with Crippen molar-refractivity contribution in [2.24, 2.45) is 0 Å². The van der Waals surface area contributed by atoms with Crippen LogP contribution in [0, 0.1) is 0 Å². The first-order chi connectivity index (χ1) is 16.5. The molecule has 1 atom stereocenters. The highest BCUT2D eigenvalue weighted by Gasteiger charge is 2.25. The molecule has 3 aromatic heterocycles. The Morgan fingerprint density at radius 2 is 2.03 bits per heavy atom. The number of H-pyrrole nitrogens is 1. The van der Waals surface area contributed by atoms with Crippen molar-refractivity contribution in [2.75, 3.05) is 7.11 Å². The molecule has 34 heavy (non-hydrogen) atoms. The van der Waals surface area contributed by atoms with E-state index in [2.05, 4.69) is 32.2 Å². The van der Waals surface area contributed by atoms with Crippen molar-refractivity contribution in [2.45, 2.75) is 12.5 Å². The highest BCUT2D eigenvalue weighted by atomic mass is 32.1. The number of carbonyl (C=O) groups excluding carboxylic acids is 3. The second kappa shape index (κ2) is 10.1. The molecule has 0 spiro atoms. The summed E-state index contributed by atoms with van der Waals surface area (Å²) in [5.74, 6) is -1.90. The standard InChI is InChI=1S/C24H21N5O4S/c1-14(27-22(31)20-13-34-23(29-20)15-6-5-9-25-11-15)21(30)28-19(24(32)33-2)10-16-12-26-18-8-4-3-7-17(16)18/h3-9,11-13,19,26H,1,10H2,2H3,(H,27,31)(H,28,30)/t19-/m0/s1. The van der Waals surface area contributed by atoms with Crippen LogP contribution < -0.4 is 10.6 Å². The number of methoxy groups -OCH3 is 1. The SMILES string of the molecule is C=C(NC(=O)c1csc(-c2cccnc2)n1)C(=O)N[C@@H](Cc1c[nH]c2ccccc12)C(=O)OC. The number of nitrogens with zero attached hydrogens (tertiary/aromatic N) is 2. The number of rotatable bonds is 8. The zero-order chi connectivity index (χ0) is 24.1. The molecule has 0 bridgehead atoms. The lowest BCUT2D eigenvalue weighted by molar-refractivity contribution is -0.144. The predicted molar refractivity (Wildman–Crippen MR) is 128 cm³/mol. The van der Waals surface area contributed by atoms with Gasteiger partial charge in [0.05, 0.1) is 12.8 Å². The van der Waals surface area contributed by atoms with Crippen LogP contribution in [0.25, 0.3) is 21.5 Å². The van der Waals surface area contributed by atoms with Crippen molar-refractivity contribution in [3.63, 3.8) is 0 Å². The Balaban J connectivity index is 1.41. The Morgan fingerprint density at radius 3 is 2.79 bits per heavy atom. The van der Waals surface area contributed by atoms with E-state index in [9.17, 15) is 14.4 Å². The number of ether oxygens (including phenoxy) is 1. The zero-order valence-electron chi connectivity index (χ0n) is 18.2. The van der Waals surface area contributed by atoms with E-state index >= 15 is 0 Å². The summed E-state index contributed by atoms with van der Waals surface area (Å²) in [6, 6.07) is 10.3. The molecule has 10 heteroatoms. The lowest BCUT2D eigenvalue weighted by Crippen LogP contribution is -2.45. The Bertz CT molecular complexity index is 1360. The molecule has 172 valence electrons. The van der Waals surface area contributed by atoms with Crippen LogP contribution in [0.3, 0.4) is 0 Å². The number of benzene rings is 1. The quantitative estimate of drug-likeness (QED) is 0.266. The number of thiazole rings is 1. The number of hydrogen-bond acceptors (Lipinski definition) is 7. The number of aromatic amines is 1. The van der Waals surface area contributed by atoms with Gasteiger partial charge in [0.1, 0.15) is 16.7 Å². The summed E-state index contributed by atoms with van der Waals surface area (Å²) in [6.07, 6.45) is 5.27. The molecule has 1 aromatic carbocycles. The molecule has 4 rings (SSSR count). The number of esters is 1. The van der Waals surface area contributed by atoms with Crippen molar-refractivity contribution in [1.82, 2.24) is 25.6 Å². The maximum absolute atomic E-state index is 12.7. The second-order valence-corrected chi connectivity index (χ2v) is 8.18. The number of hydrogen-bond donors (Lipinski definition) is 3. The topological polar surface area (TPSA) is 126 Å². The van der Waals surface area contributed by atoms with Crippen LogP contribution in [0.5, 0.6) is 0 Å². The molecule has 3 N–H and O–H groups in total. The molecule has 0 fully saturated rings. The van der Waals surface area contributed by atoms with Gasteiger partial charge in [-0.25, -0.2) is 9.78 Å².